The van der Waals surface area contributed by atoms with E-state index in [-0.39, 0.29) is 29.7 Å². The molecule has 112 valence electrons. The molecule has 0 saturated heterocycles. The Kier molecular flexibility index (Phi) is 6.20. The van der Waals surface area contributed by atoms with E-state index >= 15 is 0 Å². The van der Waals surface area contributed by atoms with Gasteiger partial charge in [0.25, 0.3) is 5.69 Å². The van der Waals surface area contributed by atoms with Gasteiger partial charge in [0.05, 0.1) is 43.0 Å². The summed E-state index contributed by atoms with van der Waals surface area (Å²) in [5, 5.41) is 20.1. The highest BCUT2D eigenvalue weighted by molar-refractivity contribution is 5.54. The van der Waals surface area contributed by atoms with Gasteiger partial charge in [-0.05, 0) is 19.9 Å². The average Bonchev–Trinajstić information content (AvgIpc) is 2.42. The van der Waals surface area contributed by atoms with Gasteiger partial charge < -0.3 is 19.3 Å². The summed E-state index contributed by atoms with van der Waals surface area (Å²) < 4.78 is 15.9. The Bertz CT molecular complexity index is 460. The van der Waals surface area contributed by atoms with Crippen LogP contribution < -0.4 is 9.47 Å². The molecule has 0 radical (unpaired) electrons. The molecular formula is C13H19NO6. The Morgan fingerprint density at radius 1 is 1.30 bits per heavy atom. The maximum atomic E-state index is 10.9. The molecule has 7 nitrogen and oxygen atoms in total. The van der Waals surface area contributed by atoms with Crippen LogP contribution in [0.25, 0.3) is 0 Å². The second-order valence-corrected chi connectivity index (χ2v) is 4.32. The molecular weight excluding hydrogens is 266 g/mol. The molecule has 0 fully saturated rings. The maximum Gasteiger partial charge on any atom is 0.278 e. The van der Waals surface area contributed by atoms with Crippen molar-refractivity contribution in [1.82, 2.24) is 0 Å². The van der Waals surface area contributed by atoms with Crippen LogP contribution >= 0.6 is 0 Å². The zero-order chi connectivity index (χ0) is 15.1. The molecule has 0 unspecified atom stereocenters. The highest BCUT2D eigenvalue weighted by atomic mass is 16.6. The third-order valence-corrected chi connectivity index (χ3v) is 2.52. The van der Waals surface area contributed by atoms with Crippen LogP contribution in [0.15, 0.2) is 12.1 Å². The molecule has 1 rings (SSSR count). The zero-order valence-electron chi connectivity index (χ0n) is 11.8. The van der Waals surface area contributed by atoms with Crippen molar-refractivity contribution in [1.29, 1.82) is 0 Å². The summed E-state index contributed by atoms with van der Waals surface area (Å²) in [4.78, 5) is 10.4. The number of methoxy groups -OCH3 is 1. The fourth-order valence-electron chi connectivity index (χ4n) is 1.60. The van der Waals surface area contributed by atoms with Crippen molar-refractivity contribution in [2.45, 2.75) is 26.6 Å². The molecule has 1 aromatic rings. The summed E-state index contributed by atoms with van der Waals surface area (Å²) in [6, 6.07) is 2.65. The smallest absolute Gasteiger partial charge is 0.278 e. The van der Waals surface area contributed by atoms with Crippen molar-refractivity contribution in [2.24, 2.45) is 0 Å². The number of rotatable bonds is 8. The topological polar surface area (TPSA) is 91.1 Å². The fourth-order valence-corrected chi connectivity index (χ4v) is 1.60. The molecule has 0 amide bonds. The molecule has 7 heteroatoms. The highest BCUT2D eigenvalue weighted by Gasteiger charge is 2.19. The van der Waals surface area contributed by atoms with E-state index in [0.29, 0.717) is 12.4 Å². The number of ether oxygens (including phenoxy) is 3. The molecule has 0 bridgehead atoms. The van der Waals surface area contributed by atoms with Gasteiger partial charge in [-0.2, -0.15) is 0 Å². The van der Waals surface area contributed by atoms with Crippen LogP contribution in [-0.4, -0.2) is 36.5 Å². The van der Waals surface area contributed by atoms with Crippen molar-refractivity contribution < 1.29 is 24.2 Å². The number of nitro groups is 1. The second-order valence-electron chi connectivity index (χ2n) is 4.32. The lowest BCUT2D eigenvalue weighted by atomic mass is 10.1. The van der Waals surface area contributed by atoms with Crippen molar-refractivity contribution in [3.05, 3.63) is 27.8 Å². The van der Waals surface area contributed by atoms with Gasteiger partial charge in [-0.25, -0.2) is 0 Å². The summed E-state index contributed by atoms with van der Waals surface area (Å²) in [5.41, 5.74) is -0.0225. The zero-order valence-corrected chi connectivity index (χ0v) is 11.8. The first-order valence-corrected chi connectivity index (χ1v) is 6.20. The lowest BCUT2D eigenvalue weighted by molar-refractivity contribution is -0.385. The number of aliphatic hydroxyl groups is 1. The summed E-state index contributed by atoms with van der Waals surface area (Å²) in [6.45, 7) is 3.99. The van der Waals surface area contributed by atoms with Crippen molar-refractivity contribution in [3.8, 4) is 11.5 Å². The average molecular weight is 285 g/mol. The van der Waals surface area contributed by atoms with E-state index in [0.717, 1.165) is 0 Å². The Morgan fingerprint density at radius 2 is 2.00 bits per heavy atom. The number of nitrogens with zero attached hydrogens (tertiary/aromatic N) is 1. The molecule has 1 aromatic carbocycles. The van der Waals surface area contributed by atoms with Crippen molar-refractivity contribution >= 4 is 5.69 Å². The van der Waals surface area contributed by atoms with Crippen LogP contribution in [0.1, 0.15) is 19.4 Å². The normalized spacial score (nSPS) is 10.7. The summed E-state index contributed by atoms with van der Waals surface area (Å²) in [5.74, 6) is 0.591. The minimum Gasteiger partial charge on any atom is -0.493 e. The third-order valence-electron chi connectivity index (χ3n) is 2.52. The van der Waals surface area contributed by atoms with E-state index in [4.69, 9.17) is 19.3 Å². The van der Waals surface area contributed by atoms with Gasteiger partial charge in [-0.15, -0.1) is 0 Å². The molecule has 0 aliphatic heterocycles. The molecule has 0 saturated carbocycles. The number of benzene rings is 1. The summed E-state index contributed by atoms with van der Waals surface area (Å²) in [7, 11) is 1.43. The van der Waals surface area contributed by atoms with E-state index < -0.39 is 11.5 Å². The standard InChI is InChI=1S/C13H19NO6/c1-9(2)19-4-5-20-13-7-11(14(16)17)10(8-15)6-12(13)18-3/h6-7,9,15H,4-5,8H2,1-3H3. The Balaban J connectivity index is 2.88. The molecule has 0 aliphatic rings. The van der Waals surface area contributed by atoms with Gasteiger partial charge in [0.1, 0.15) is 6.61 Å². The van der Waals surface area contributed by atoms with Crippen LogP contribution in [0.3, 0.4) is 0 Å². The predicted octanol–water partition coefficient (Wildman–Crippen LogP) is 1.90. The summed E-state index contributed by atoms with van der Waals surface area (Å²) in [6.07, 6.45) is 0.0894. The van der Waals surface area contributed by atoms with Gasteiger partial charge in [0.15, 0.2) is 11.5 Å². The monoisotopic (exact) mass is 285 g/mol. The molecule has 0 heterocycles. The largest absolute Gasteiger partial charge is 0.493 e. The molecule has 0 aromatic heterocycles. The van der Waals surface area contributed by atoms with E-state index in [9.17, 15) is 10.1 Å². The molecule has 0 aliphatic carbocycles. The van der Waals surface area contributed by atoms with E-state index in [1.807, 2.05) is 13.8 Å². The first-order valence-electron chi connectivity index (χ1n) is 6.20. The minimum atomic E-state index is -0.567. The van der Waals surface area contributed by atoms with Crippen molar-refractivity contribution in [3.63, 3.8) is 0 Å². The van der Waals surface area contributed by atoms with E-state index in [1.54, 1.807) is 0 Å². The van der Waals surface area contributed by atoms with Gasteiger partial charge >= 0.3 is 0 Å². The van der Waals surface area contributed by atoms with Gasteiger partial charge in [-0.3, -0.25) is 10.1 Å². The van der Waals surface area contributed by atoms with E-state index in [2.05, 4.69) is 0 Å². The molecule has 0 atom stereocenters. The first kappa shape index (κ1) is 16.2. The SMILES string of the molecule is COc1cc(CO)c([N+](=O)[O-])cc1OCCOC(C)C. The van der Waals surface area contributed by atoms with Crippen LogP contribution in [-0.2, 0) is 11.3 Å². The van der Waals surface area contributed by atoms with Crippen LogP contribution in [0, 0.1) is 10.1 Å². The van der Waals surface area contributed by atoms with Crippen LogP contribution in [0.2, 0.25) is 0 Å². The quantitative estimate of drug-likeness (QED) is 0.445. The third kappa shape index (κ3) is 4.36. The molecule has 1 N–H and O–H groups in total. The predicted molar refractivity (Wildman–Crippen MR) is 72.2 cm³/mol. The number of hydrogen-bond donors (Lipinski definition) is 1. The fraction of sp³-hybridized carbons (Fsp3) is 0.538. The van der Waals surface area contributed by atoms with Crippen LogP contribution in [0.5, 0.6) is 11.5 Å². The lowest BCUT2D eigenvalue weighted by Gasteiger charge is -2.13. The molecule has 20 heavy (non-hydrogen) atoms. The summed E-state index contributed by atoms with van der Waals surface area (Å²) >= 11 is 0. The lowest BCUT2D eigenvalue weighted by Crippen LogP contribution is -2.12. The minimum absolute atomic E-state index is 0.0894. The Labute approximate surface area is 117 Å². The number of aliphatic hydroxyl groups excluding tert-OH is 1. The van der Waals surface area contributed by atoms with Gasteiger partial charge in [0, 0.05) is 0 Å². The Hall–Kier alpha value is -1.86. The Morgan fingerprint density at radius 3 is 2.50 bits per heavy atom. The first-order chi connectivity index (χ1) is 9.49. The number of nitro benzene ring substituents is 1. The highest BCUT2D eigenvalue weighted by Crippen LogP contribution is 2.34. The second kappa shape index (κ2) is 7.66. The van der Waals surface area contributed by atoms with E-state index in [1.165, 1.54) is 19.2 Å². The van der Waals surface area contributed by atoms with Crippen molar-refractivity contribution in [2.75, 3.05) is 20.3 Å². The maximum absolute atomic E-state index is 10.9. The number of hydrogen-bond acceptors (Lipinski definition) is 6. The van der Waals surface area contributed by atoms with Crippen LogP contribution in [0.4, 0.5) is 5.69 Å². The van der Waals surface area contributed by atoms with Gasteiger partial charge in [-0.1, -0.05) is 0 Å². The van der Waals surface area contributed by atoms with Gasteiger partial charge in [0.2, 0.25) is 0 Å². The molecule has 0 spiro atoms.